The van der Waals surface area contributed by atoms with Gasteiger partial charge in [0.15, 0.2) is 9.84 Å². The third-order valence-electron chi connectivity index (χ3n) is 4.45. The molecular weight excluding hydrogens is 385 g/mol. The molecule has 0 radical (unpaired) electrons. The number of ether oxygens (including phenoxy) is 1. The van der Waals surface area contributed by atoms with Crippen LogP contribution in [0.3, 0.4) is 0 Å². The predicted molar refractivity (Wildman–Crippen MR) is 101 cm³/mol. The lowest BCUT2D eigenvalue weighted by molar-refractivity contribution is 0.102. The van der Waals surface area contributed by atoms with Crippen LogP contribution >= 0.6 is 0 Å². The molecule has 0 atom stereocenters. The summed E-state index contributed by atoms with van der Waals surface area (Å²) in [5.74, 6) is -0.920. The minimum Gasteiger partial charge on any atom is -0.497 e. The molecule has 0 unspecified atom stereocenters. The van der Waals surface area contributed by atoms with Gasteiger partial charge >= 0.3 is 0 Å². The van der Waals surface area contributed by atoms with Crippen LogP contribution in [0.4, 0.5) is 10.2 Å². The third kappa shape index (κ3) is 3.24. The van der Waals surface area contributed by atoms with Crippen LogP contribution in [0.15, 0.2) is 48.5 Å². The van der Waals surface area contributed by atoms with Crippen molar-refractivity contribution in [2.75, 3.05) is 12.4 Å². The zero-order chi connectivity index (χ0) is 19.9. The van der Waals surface area contributed by atoms with E-state index in [1.807, 2.05) is 0 Å². The second-order valence-electron chi connectivity index (χ2n) is 6.35. The lowest BCUT2D eigenvalue weighted by atomic mass is 10.2. The van der Waals surface area contributed by atoms with Gasteiger partial charge in [-0.15, -0.1) is 0 Å². The summed E-state index contributed by atoms with van der Waals surface area (Å²) in [5, 5.41) is 7.01. The number of sulfone groups is 1. The van der Waals surface area contributed by atoms with Crippen molar-refractivity contribution in [3.05, 3.63) is 71.2 Å². The summed E-state index contributed by atoms with van der Waals surface area (Å²) in [6.07, 6.45) is 0. The van der Waals surface area contributed by atoms with Gasteiger partial charge in [-0.1, -0.05) is 12.1 Å². The van der Waals surface area contributed by atoms with E-state index in [1.165, 1.54) is 22.9 Å². The molecular formula is C19H16FN3O4S. The molecule has 9 heteroatoms. The quantitative estimate of drug-likeness (QED) is 0.726. The van der Waals surface area contributed by atoms with E-state index in [9.17, 15) is 17.6 Å². The summed E-state index contributed by atoms with van der Waals surface area (Å²) in [6.45, 7) is 0. The van der Waals surface area contributed by atoms with E-state index >= 15 is 0 Å². The van der Waals surface area contributed by atoms with E-state index in [0.717, 1.165) is 0 Å². The Bertz CT molecular complexity index is 1170. The highest BCUT2D eigenvalue weighted by molar-refractivity contribution is 7.90. The summed E-state index contributed by atoms with van der Waals surface area (Å²) in [6, 6.07) is 12.5. The average molecular weight is 401 g/mol. The Kier molecular flexibility index (Phi) is 4.38. The molecule has 0 spiro atoms. The van der Waals surface area contributed by atoms with Crippen molar-refractivity contribution >= 4 is 21.6 Å². The highest BCUT2D eigenvalue weighted by Crippen LogP contribution is 2.33. The fourth-order valence-corrected chi connectivity index (χ4v) is 4.60. The maximum atomic E-state index is 14.0. The lowest BCUT2D eigenvalue weighted by Crippen LogP contribution is -2.18. The van der Waals surface area contributed by atoms with Crippen LogP contribution in [0.1, 0.15) is 21.6 Å². The summed E-state index contributed by atoms with van der Waals surface area (Å²) < 4.78 is 44.6. The molecule has 0 saturated carbocycles. The number of rotatable bonds is 4. The average Bonchev–Trinajstić information content (AvgIpc) is 3.14. The van der Waals surface area contributed by atoms with Gasteiger partial charge in [-0.2, -0.15) is 5.10 Å². The van der Waals surface area contributed by atoms with Crippen molar-refractivity contribution in [1.29, 1.82) is 0 Å². The van der Waals surface area contributed by atoms with Gasteiger partial charge in [-0.25, -0.2) is 17.5 Å². The predicted octanol–water partition coefficient (Wildman–Crippen LogP) is 2.70. The molecule has 4 rings (SSSR count). The molecule has 7 nitrogen and oxygen atoms in total. The Balaban J connectivity index is 1.78. The number of carbonyl (C=O) groups excluding carboxylic acids is 1. The highest BCUT2D eigenvalue weighted by atomic mass is 32.2. The standard InChI is InChI=1S/C19H16FN3O4S/c1-27-13-8-6-12(7-9-13)23-18(15-10-28(25,26)11-17(15)22-23)21-19(24)14-4-2-3-5-16(14)20/h2-9H,10-11H2,1H3,(H,21,24). The molecule has 2 aromatic carbocycles. The minimum absolute atomic E-state index is 0.139. The van der Waals surface area contributed by atoms with Crippen LogP contribution in [-0.4, -0.2) is 31.2 Å². The van der Waals surface area contributed by atoms with E-state index in [4.69, 9.17) is 4.74 Å². The van der Waals surface area contributed by atoms with Crippen LogP contribution in [0.25, 0.3) is 5.69 Å². The number of nitrogens with one attached hydrogen (secondary N) is 1. The molecule has 0 bridgehead atoms. The monoisotopic (exact) mass is 401 g/mol. The van der Waals surface area contributed by atoms with E-state index in [-0.39, 0.29) is 22.9 Å². The van der Waals surface area contributed by atoms with Gasteiger partial charge in [0.2, 0.25) is 0 Å². The van der Waals surface area contributed by atoms with Gasteiger partial charge in [0.1, 0.15) is 17.4 Å². The third-order valence-corrected chi connectivity index (χ3v) is 5.90. The lowest BCUT2D eigenvalue weighted by Gasteiger charge is -2.12. The summed E-state index contributed by atoms with van der Waals surface area (Å²) >= 11 is 0. The maximum absolute atomic E-state index is 14.0. The molecule has 1 aliphatic heterocycles. The second kappa shape index (κ2) is 6.75. The molecule has 1 N–H and O–H groups in total. The molecule has 1 amide bonds. The second-order valence-corrected chi connectivity index (χ2v) is 8.41. The first-order valence-electron chi connectivity index (χ1n) is 8.39. The van der Waals surface area contributed by atoms with Crippen LogP contribution < -0.4 is 10.1 Å². The van der Waals surface area contributed by atoms with Crippen molar-refractivity contribution in [2.45, 2.75) is 11.5 Å². The van der Waals surface area contributed by atoms with Crippen LogP contribution in [0, 0.1) is 5.82 Å². The number of benzene rings is 2. The number of nitrogens with zero attached hydrogens (tertiary/aromatic N) is 2. The van der Waals surface area contributed by atoms with E-state index in [0.29, 0.717) is 22.7 Å². The Labute approximate surface area is 160 Å². The van der Waals surface area contributed by atoms with E-state index < -0.39 is 21.6 Å². The summed E-state index contributed by atoms with van der Waals surface area (Å²) in [7, 11) is -1.78. The normalized spacial score (nSPS) is 14.5. The zero-order valence-corrected chi connectivity index (χ0v) is 15.7. The van der Waals surface area contributed by atoms with Crippen molar-refractivity contribution in [3.63, 3.8) is 0 Å². The highest BCUT2D eigenvalue weighted by Gasteiger charge is 2.33. The Morgan fingerprint density at radius 1 is 1.14 bits per heavy atom. The number of hydrogen-bond acceptors (Lipinski definition) is 5. The van der Waals surface area contributed by atoms with E-state index in [2.05, 4.69) is 10.4 Å². The first-order chi connectivity index (χ1) is 13.4. The van der Waals surface area contributed by atoms with Gasteiger partial charge < -0.3 is 10.1 Å². The fraction of sp³-hybridized carbons (Fsp3) is 0.158. The largest absolute Gasteiger partial charge is 0.497 e. The van der Waals surface area contributed by atoms with Gasteiger partial charge in [-0.3, -0.25) is 4.79 Å². The SMILES string of the molecule is COc1ccc(-n2nc3c(c2NC(=O)c2ccccc2F)CS(=O)(=O)C3)cc1. The number of amides is 1. The molecule has 1 aromatic heterocycles. The number of carbonyl (C=O) groups is 1. The summed E-state index contributed by atoms with van der Waals surface area (Å²) in [5.41, 5.74) is 1.26. The molecule has 28 heavy (non-hydrogen) atoms. The molecule has 0 fully saturated rings. The van der Waals surface area contributed by atoms with Gasteiger partial charge in [0.25, 0.3) is 5.91 Å². The number of halogens is 1. The van der Waals surface area contributed by atoms with Gasteiger partial charge in [-0.05, 0) is 36.4 Å². The number of methoxy groups -OCH3 is 1. The number of fused-ring (bicyclic) bond motifs is 1. The topological polar surface area (TPSA) is 90.3 Å². The molecule has 144 valence electrons. The first kappa shape index (κ1) is 18.2. The summed E-state index contributed by atoms with van der Waals surface area (Å²) in [4.78, 5) is 12.6. The molecule has 0 saturated heterocycles. The Morgan fingerprint density at radius 3 is 2.54 bits per heavy atom. The van der Waals surface area contributed by atoms with Crippen LogP contribution in [0.5, 0.6) is 5.75 Å². The van der Waals surface area contributed by atoms with Crippen molar-refractivity contribution in [3.8, 4) is 11.4 Å². The Morgan fingerprint density at radius 2 is 1.86 bits per heavy atom. The molecule has 1 aliphatic rings. The molecule has 3 aromatic rings. The van der Waals surface area contributed by atoms with E-state index in [1.54, 1.807) is 37.4 Å². The fourth-order valence-electron chi connectivity index (χ4n) is 3.10. The molecule has 0 aliphatic carbocycles. The van der Waals surface area contributed by atoms with Crippen LogP contribution in [0.2, 0.25) is 0 Å². The van der Waals surface area contributed by atoms with Crippen LogP contribution in [-0.2, 0) is 21.3 Å². The number of aromatic nitrogens is 2. The van der Waals surface area contributed by atoms with Crippen molar-refractivity contribution < 1.29 is 22.3 Å². The van der Waals surface area contributed by atoms with Gasteiger partial charge in [0, 0.05) is 5.56 Å². The van der Waals surface area contributed by atoms with Crippen molar-refractivity contribution in [2.24, 2.45) is 0 Å². The first-order valence-corrected chi connectivity index (χ1v) is 10.2. The minimum atomic E-state index is -3.32. The molecule has 2 heterocycles. The Hall–Kier alpha value is -3.20. The number of anilines is 1. The maximum Gasteiger partial charge on any atom is 0.259 e. The van der Waals surface area contributed by atoms with Crippen molar-refractivity contribution in [1.82, 2.24) is 9.78 Å². The smallest absolute Gasteiger partial charge is 0.259 e. The number of hydrogen-bond donors (Lipinski definition) is 1. The zero-order valence-electron chi connectivity index (χ0n) is 14.8. The van der Waals surface area contributed by atoms with Gasteiger partial charge in [0.05, 0.1) is 35.6 Å².